The van der Waals surface area contributed by atoms with E-state index in [2.05, 4.69) is 20.1 Å². The van der Waals surface area contributed by atoms with Gasteiger partial charge in [0.1, 0.15) is 11.7 Å². The number of aliphatic imine (C=N–C) groups is 2. The van der Waals surface area contributed by atoms with Crippen LogP contribution in [0, 0.1) is 5.41 Å². The van der Waals surface area contributed by atoms with Gasteiger partial charge >= 0.3 is 0 Å². The summed E-state index contributed by atoms with van der Waals surface area (Å²) < 4.78 is 0. The number of aromatic nitrogens is 1. The molecule has 3 aliphatic heterocycles. The van der Waals surface area contributed by atoms with E-state index in [4.69, 9.17) is 15.7 Å². The van der Waals surface area contributed by atoms with Crippen LogP contribution in [0.5, 0.6) is 0 Å². The van der Waals surface area contributed by atoms with E-state index < -0.39 is 5.41 Å². The van der Waals surface area contributed by atoms with Crippen molar-refractivity contribution in [1.82, 2.24) is 14.8 Å². The molecule has 1 aromatic heterocycles. The van der Waals surface area contributed by atoms with Crippen molar-refractivity contribution >= 4 is 40.9 Å². The van der Waals surface area contributed by atoms with Crippen molar-refractivity contribution in [3.8, 4) is 0 Å². The zero-order valence-corrected chi connectivity index (χ0v) is 24.4. The molecule has 40 heavy (non-hydrogen) atoms. The quantitative estimate of drug-likeness (QED) is 0.516. The summed E-state index contributed by atoms with van der Waals surface area (Å²) in [4.78, 5) is 57.4. The van der Waals surface area contributed by atoms with E-state index in [1.807, 2.05) is 46.0 Å². The predicted molar refractivity (Wildman–Crippen MR) is 162 cm³/mol. The minimum atomic E-state index is -0.614. The Labute approximate surface area is 239 Å². The van der Waals surface area contributed by atoms with Crippen LogP contribution in [0.2, 0.25) is 0 Å². The average molecular weight is 555 g/mol. The summed E-state index contributed by atoms with van der Waals surface area (Å²) in [5.41, 5.74) is 6.71. The molecular formula is C29H46N8O3. The van der Waals surface area contributed by atoms with Crippen LogP contribution in [-0.2, 0) is 14.4 Å². The monoisotopic (exact) mass is 554 g/mol. The SMILES string of the molecule is CC.CC(=O)C1=C(C)C2(C)CN=C(Nc3ccc(N4CCN(CC(N)=O)CC4)cn3)N=C2N(C2CCCC2)C1=O.[HH].[HH]. The molecule has 5 rings (SSSR count). The predicted octanol–water partition coefficient (Wildman–Crippen LogP) is 3.08. The lowest BCUT2D eigenvalue weighted by Gasteiger charge is -2.45. The number of hydrogen-bond donors (Lipinski definition) is 2. The maximum absolute atomic E-state index is 13.6. The summed E-state index contributed by atoms with van der Waals surface area (Å²) in [6.45, 7) is 13.1. The average Bonchev–Trinajstić information content (AvgIpc) is 3.46. The number of nitrogens with two attached hydrogens (primary N) is 1. The van der Waals surface area contributed by atoms with E-state index in [1.165, 1.54) is 6.92 Å². The highest BCUT2D eigenvalue weighted by molar-refractivity contribution is 6.27. The number of carbonyl (C=O) groups is 3. The number of anilines is 2. The van der Waals surface area contributed by atoms with E-state index in [1.54, 1.807) is 4.90 Å². The van der Waals surface area contributed by atoms with Gasteiger partial charge in [0.15, 0.2) is 5.78 Å². The molecule has 1 saturated carbocycles. The van der Waals surface area contributed by atoms with Crippen molar-refractivity contribution in [1.29, 1.82) is 0 Å². The summed E-state index contributed by atoms with van der Waals surface area (Å²) in [5.74, 6) is 0.936. The van der Waals surface area contributed by atoms with E-state index >= 15 is 0 Å². The molecule has 4 heterocycles. The minimum absolute atomic E-state index is 0. The summed E-state index contributed by atoms with van der Waals surface area (Å²) >= 11 is 0. The molecule has 2 amide bonds. The van der Waals surface area contributed by atoms with Crippen molar-refractivity contribution in [2.45, 2.75) is 66.3 Å². The molecule has 1 unspecified atom stereocenters. The van der Waals surface area contributed by atoms with Crippen LogP contribution in [0.3, 0.4) is 0 Å². The smallest absolute Gasteiger partial charge is 0.263 e. The Hall–Kier alpha value is -3.60. The fraction of sp³-hybridized carbons (Fsp3) is 0.586. The molecule has 1 saturated heterocycles. The van der Waals surface area contributed by atoms with Crippen LogP contribution >= 0.6 is 0 Å². The van der Waals surface area contributed by atoms with Crippen LogP contribution in [-0.4, -0.2) is 89.5 Å². The molecular weight excluding hydrogens is 508 g/mol. The summed E-state index contributed by atoms with van der Waals surface area (Å²) in [7, 11) is 0. The van der Waals surface area contributed by atoms with Crippen LogP contribution in [0.15, 0.2) is 39.5 Å². The standard InChI is InChI=1S/C27H36N8O3.C2H6.2H2/c1-17-23(18(2)36)24(38)35(19-6-4-5-7-19)25-27(17,3)16-30-26(32-25)31-22-9-8-20(14-29-22)34-12-10-33(11-13-34)15-21(28)37;1-2;;/h8-9,14,19H,4-7,10-13,15-16H2,1-3H3,(H2,28,37)(H,29,30,31);1-2H3;2*1H. The third-order valence-electron chi connectivity index (χ3n) is 8.26. The highest BCUT2D eigenvalue weighted by Gasteiger charge is 2.50. The van der Waals surface area contributed by atoms with Gasteiger partial charge in [0, 0.05) is 35.1 Å². The molecule has 11 heteroatoms. The Morgan fingerprint density at radius 3 is 2.40 bits per heavy atom. The van der Waals surface area contributed by atoms with Gasteiger partial charge in [-0.1, -0.05) is 26.7 Å². The molecule has 0 aromatic carbocycles. The normalized spacial score (nSPS) is 23.7. The Kier molecular flexibility index (Phi) is 9.02. The second-order valence-electron chi connectivity index (χ2n) is 10.8. The van der Waals surface area contributed by atoms with Crippen molar-refractivity contribution < 1.29 is 17.2 Å². The van der Waals surface area contributed by atoms with Crippen molar-refractivity contribution in [3.63, 3.8) is 0 Å². The number of pyridine rings is 1. The fourth-order valence-corrected chi connectivity index (χ4v) is 5.95. The van der Waals surface area contributed by atoms with Gasteiger partial charge in [-0.2, -0.15) is 4.99 Å². The fourth-order valence-electron chi connectivity index (χ4n) is 5.95. The first kappa shape index (κ1) is 29.4. The number of amides is 2. The Morgan fingerprint density at radius 2 is 1.82 bits per heavy atom. The zero-order chi connectivity index (χ0) is 29.0. The second-order valence-corrected chi connectivity index (χ2v) is 10.8. The Balaban J connectivity index is 0.00000151. The van der Waals surface area contributed by atoms with Gasteiger partial charge < -0.3 is 16.0 Å². The second kappa shape index (κ2) is 12.3. The number of amidine groups is 1. The number of Topliss-reactive ketones (excluding diaryl/α,β-unsaturated/α-hetero) is 1. The topological polar surface area (TPSA) is 137 Å². The van der Waals surface area contributed by atoms with E-state index in [9.17, 15) is 14.4 Å². The van der Waals surface area contributed by atoms with E-state index in [0.717, 1.165) is 63.1 Å². The van der Waals surface area contributed by atoms with Crippen molar-refractivity contribution in [2.75, 3.05) is 49.5 Å². The van der Waals surface area contributed by atoms with Crippen LogP contribution < -0.4 is 16.0 Å². The molecule has 0 radical (unpaired) electrons. The van der Waals surface area contributed by atoms with Gasteiger partial charge in [-0.25, -0.2) is 9.98 Å². The lowest BCUT2D eigenvalue weighted by molar-refractivity contribution is -0.128. The maximum atomic E-state index is 13.6. The number of piperazine rings is 1. The number of primary amides is 1. The molecule has 2 fully saturated rings. The summed E-state index contributed by atoms with van der Waals surface area (Å²) in [6.07, 6.45) is 5.75. The third-order valence-corrected chi connectivity index (χ3v) is 8.26. The number of ketones is 1. The van der Waals surface area contributed by atoms with Gasteiger partial charge in [0.05, 0.1) is 36.0 Å². The molecule has 4 aliphatic rings. The molecule has 1 atom stereocenters. The first-order chi connectivity index (χ1) is 19.2. The number of nitrogens with one attached hydrogen (secondary N) is 1. The zero-order valence-electron chi connectivity index (χ0n) is 24.4. The Bertz CT molecular complexity index is 1240. The first-order valence-corrected chi connectivity index (χ1v) is 14.4. The third kappa shape index (κ3) is 5.79. The number of carbonyl (C=O) groups excluding carboxylic acids is 3. The number of nitrogens with zero attached hydrogens (tertiary/aromatic N) is 6. The lowest BCUT2D eigenvalue weighted by Crippen LogP contribution is -2.58. The van der Waals surface area contributed by atoms with Crippen molar-refractivity contribution in [3.05, 3.63) is 29.5 Å². The number of guanidine groups is 1. The number of rotatable bonds is 6. The summed E-state index contributed by atoms with van der Waals surface area (Å²) in [5, 5.41) is 3.22. The first-order valence-electron chi connectivity index (χ1n) is 14.4. The molecule has 1 aliphatic carbocycles. The summed E-state index contributed by atoms with van der Waals surface area (Å²) in [6, 6.07) is 3.94. The van der Waals surface area contributed by atoms with Gasteiger partial charge in [-0.05, 0) is 51.3 Å². The molecule has 11 nitrogen and oxygen atoms in total. The molecule has 220 valence electrons. The van der Waals surface area contributed by atoms with Crippen molar-refractivity contribution in [2.24, 2.45) is 21.1 Å². The molecule has 3 N–H and O–H groups in total. The van der Waals surface area contributed by atoms with Crippen LogP contribution in [0.4, 0.5) is 11.5 Å². The largest absolute Gasteiger partial charge is 0.369 e. The number of fused-ring (bicyclic) bond motifs is 1. The minimum Gasteiger partial charge on any atom is -0.369 e. The van der Waals surface area contributed by atoms with Gasteiger partial charge in [0.2, 0.25) is 11.9 Å². The van der Waals surface area contributed by atoms with Gasteiger partial charge in [-0.15, -0.1) is 0 Å². The highest BCUT2D eigenvalue weighted by Crippen LogP contribution is 2.42. The molecule has 0 spiro atoms. The van der Waals surface area contributed by atoms with E-state index in [-0.39, 0.29) is 38.6 Å². The molecule has 1 aromatic rings. The lowest BCUT2D eigenvalue weighted by atomic mass is 9.73. The highest BCUT2D eigenvalue weighted by atomic mass is 16.2. The van der Waals surface area contributed by atoms with Crippen LogP contribution in [0.25, 0.3) is 0 Å². The van der Waals surface area contributed by atoms with Gasteiger partial charge in [0.25, 0.3) is 5.91 Å². The maximum Gasteiger partial charge on any atom is 0.263 e. The van der Waals surface area contributed by atoms with E-state index in [0.29, 0.717) is 24.2 Å². The molecule has 0 bridgehead atoms. The van der Waals surface area contributed by atoms with Crippen LogP contribution in [0.1, 0.15) is 63.2 Å². The number of hydrogen-bond acceptors (Lipinski definition) is 9. The van der Waals surface area contributed by atoms with Gasteiger partial charge in [-0.3, -0.25) is 24.2 Å². The Morgan fingerprint density at radius 1 is 1.15 bits per heavy atom.